The van der Waals surface area contributed by atoms with Crippen LogP contribution in [-0.2, 0) is 0 Å². The van der Waals surface area contributed by atoms with Crippen LogP contribution in [0.3, 0.4) is 0 Å². The molecule has 19 heavy (non-hydrogen) atoms. The van der Waals surface area contributed by atoms with Crippen molar-refractivity contribution in [2.45, 2.75) is 27.7 Å². The Bertz CT molecular complexity index is 458. The molecule has 1 aromatic rings. The Balaban J connectivity index is 2.89. The number of nitro groups is 1. The Morgan fingerprint density at radius 1 is 1.32 bits per heavy atom. The van der Waals surface area contributed by atoms with Crippen LogP contribution in [-0.4, -0.2) is 11.5 Å². The van der Waals surface area contributed by atoms with Gasteiger partial charge < -0.3 is 10.7 Å². The highest BCUT2D eigenvalue weighted by molar-refractivity contribution is 5.63. The molecule has 1 aromatic carbocycles. The maximum absolute atomic E-state index is 10.8. The molecule has 0 atom stereocenters. The minimum Gasteiger partial charge on any atom is -0.384 e. The van der Waals surface area contributed by atoms with Crippen molar-refractivity contribution in [1.82, 2.24) is 0 Å². The van der Waals surface area contributed by atoms with Gasteiger partial charge in [-0.25, -0.2) is 0 Å². The fraction of sp³-hybridized carbons (Fsp3) is 0.538. The number of nitro benzene ring substituents is 1. The Morgan fingerprint density at radius 2 is 1.89 bits per heavy atom. The topological polar surface area (TPSA) is 93.2 Å². The van der Waals surface area contributed by atoms with Crippen LogP contribution in [0.5, 0.6) is 0 Å². The molecule has 0 unspecified atom stereocenters. The molecule has 0 aliphatic carbocycles. The summed E-state index contributed by atoms with van der Waals surface area (Å²) in [6.45, 7) is 9.36. The Morgan fingerprint density at radius 3 is 2.37 bits per heavy atom. The van der Waals surface area contributed by atoms with Crippen molar-refractivity contribution in [3.05, 3.63) is 28.3 Å². The second kappa shape index (κ2) is 5.88. The molecule has 6 heteroatoms. The Labute approximate surface area is 113 Å². The van der Waals surface area contributed by atoms with E-state index in [1.165, 1.54) is 12.1 Å². The number of nitrogen functional groups attached to an aromatic ring is 1. The maximum atomic E-state index is 10.8. The molecule has 0 saturated carbocycles. The Kier molecular flexibility index (Phi) is 4.72. The van der Waals surface area contributed by atoms with Gasteiger partial charge in [0.05, 0.1) is 10.6 Å². The number of hydrazine groups is 1. The van der Waals surface area contributed by atoms with Crippen molar-refractivity contribution in [1.29, 1.82) is 0 Å². The van der Waals surface area contributed by atoms with Crippen molar-refractivity contribution < 1.29 is 4.92 Å². The van der Waals surface area contributed by atoms with Gasteiger partial charge in [0, 0.05) is 24.4 Å². The number of nitrogens with two attached hydrogens (primary N) is 1. The van der Waals surface area contributed by atoms with Crippen LogP contribution in [0, 0.1) is 21.4 Å². The average Bonchev–Trinajstić information content (AvgIpc) is 2.35. The van der Waals surface area contributed by atoms with Gasteiger partial charge in [-0.2, -0.15) is 0 Å². The highest BCUT2D eigenvalue weighted by atomic mass is 16.6. The molecule has 0 saturated heterocycles. The normalized spacial score (nSPS) is 11.5. The molecular weight excluding hydrogens is 244 g/mol. The van der Waals surface area contributed by atoms with Gasteiger partial charge in [-0.1, -0.05) is 27.7 Å². The van der Waals surface area contributed by atoms with E-state index < -0.39 is 4.92 Å². The van der Waals surface area contributed by atoms with E-state index in [9.17, 15) is 10.1 Å². The second-order valence-electron chi connectivity index (χ2n) is 5.67. The van der Waals surface area contributed by atoms with Gasteiger partial charge in [-0.15, -0.1) is 0 Å². The van der Waals surface area contributed by atoms with Gasteiger partial charge in [0.1, 0.15) is 0 Å². The number of nitrogens with one attached hydrogen (secondary N) is 2. The Hall–Kier alpha value is -1.82. The van der Waals surface area contributed by atoms with Crippen LogP contribution in [0.1, 0.15) is 27.7 Å². The minimum atomic E-state index is -0.431. The summed E-state index contributed by atoms with van der Waals surface area (Å²) in [4.78, 5) is 10.4. The van der Waals surface area contributed by atoms with Crippen molar-refractivity contribution in [3.63, 3.8) is 0 Å². The lowest BCUT2D eigenvalue weighted by molar-refractivity contribution is -0.384. The highest BCUT2D eigenvalue weighted by Crippen LogP contribution is 2.28. The third-order valence-electron chi connectivity index (χ3n) is 3.61. The molecule has 0 heterocycles. The van der Waals surface area contributed by atoms with E-state index in [0.29, 0.717) is 17.3 Å². The summed E-state index contributed by atoms with van der Waals surface area (Å²) < 4.78 is 0. The van der Waals surface area contributed by atoms with E-state index in [-0.39, 0.29) is 11.1 Å². The molecule has 0 radical (unpaired) electrons. The first-order chi connectivity index (χ1) is 8.76. The predicted molar refractivity (Wildman–Crippen MR) is 78.0 cm³/mol. The molecule has 0 bridgehead atoms. The number of anilines is 2. The van der Waals surface area contributed by atoms with Crippen LogP contribution in [0.4, 0.5) is 17.1 Å². The second-order valence-corrected chi connectivity index (χ2v) is 5.67. The van der Waals surface area contributed by atoms with E-state index in [2.05, 4.69) is 38.4 Å². The predicted octanol–water partition coefficient (Wildman–Crippen LogP) is 2.97. The lowest BCUT2D eigenvalue weighted by Crippen LogP contribution is -2.28. The van der Waals surface area contributed by atoms with E-state index in [0.717, 1.165) is 6.54 Å². The molecule has 0 aliphatic rings. The quantitative estimate of drug-likeness (QED) is 0.418. The maximum Gasteiger partial charge on any atom is 0.273 e. The zero-order valence-corrected chi connectivity index (χ0v) is 11.9. The number of non-ortho nitro benzene ring substituents is 1. The first kappa shape index (κ1) is 15.2. The average molecular weight is 266 g/mol. The van der Waals surface area contributed by atoms with E-state index in [1.54, 1.807) is 6.07 Å². The third kappa shape index (κ3) is 4.10. The van der Waals surface area contributed by atoms with E-state index >= 15 is 0 Å². The highest BCUT2D eigenvalue weighted by Gasteiger charge is 2.22. The molecule has 106 valence electrons. The lowest BCUT2D eigenvalue weighted by atomic mass is 9.81. The van der Waals surface area contributed by atoms with E-state index in [1.807, 2.05) is 0 Å². The summed E-state index contributed by atoms with van der Waals surface area (Å²) in [5.74, 6) is 5.82. The zero-order chi connectivity index (χ0) is 14.6. The molecule has 0 spiro atoms. The summed E-state index contributed by atoms with van der Waals surface area (Å²) in [6.07, 6.45) is 0. The van der Waals surface area contributed by atoms with Crippen LogP contribution in [0.25, 0.3) is 0 Å². The van der Waals surface area contributed by atoms with Crippen molar-refractivity contribution >= 4 is 17.1 Å². The largest absolute Gasteiger partial charge is 0.384 e. The number of nitrogens with zero attached hydrogens (tertiary/aromatic N) is 1. The number of hydrogen-bond donors (Lipinski definition) is 3. The summed E-state index contributed by atoms with van der Waals surface area (Å²) in [5, 5.41) is 14.1. The van der Waals surface area contributed by atoms with Gasteiger partial charge >= 0.3 is 0 Å². The third-order valence-corrected chi connectivity index (χ3v) is 3.61. The zero-order valence-electron chi connectivity index (χ0n) is 11.9. The van der Waals surface area contributed by atoms with Gasteiger partial charge in [-0.3, -0.25) is 16.0 Å². The summed E-state index contributed by atoms with van der Waals surface area (Å²) in [6, 6.07) is 4.67. The first-order valence-corrected chi connectivity index (χ1v) is 6.26. The van der Waals surface area contributed by atoms with Gasteiger partial charge in [0.15, 0.2) is 0 Å². The first-order valence-electron chi connectivity index (χ1n) is 6.26. The molecule has 0 aliphatic heterocycles. The molecule has 6 nitrogen and oxygen atoms in total. The molecule has 0 amide bonds. The fourth-order valence-corrected chi connectivity index (χ4v) is 1.44. The SMILES string of the molecule is CC(C)C(C)(C)CNc1cc(NN)cc([N+](=O)[O-])c1. The summed E-state index contributed by atoms with van der Waals surface area (Å²) in [5.41, 5.74) is 3.75. The number of hydrogen-bond acceptors (Lipinski definition) is 5. The molecule has 1 rings (SSSR count). The van der Waals surface area contributed by atoms with Gasteiger partial charge in [-0.05, 0) is 17.4 Å². The summed E-state index contributed by atoms with van der Waals surface area (Å²) >= 11 is 0. The van der Waals surface area contributed by atoms with Crippen LogP contribution >= 0.6 is 0 Å². The van der Waals surface area contributed by atoms with Crippen LogP contribution in [0.15, 0.2) is 18.2 Å². The van der Waals surface area contributed by atoms with Gasteiger partial charge in [0.25, 0.3) is 5.69 Å². The minimum absolute atomic E-state index is 0.0142. The van der Waals surface area contributed by atoms with E-state index in [4.69, 9.17) is 5.84 Å². The number of benzene rings is 1. The van der Waals surface area contributed by atoms with Crippen molar-refractivity contribution in [3.8, 4) is 0 Å². The van der Waals surface area contributed by atoms with Gasteiger partial charge in [0.2, 0.25) is 0 Å². The van der Waals surface area contributed by atoms with Crippen molar-refractivity contribution in [2.75, 3.05) is 17.3 Å². The molecular formula is C13H22N4O2. The molecule has 0 aromatic heterocycles. The monoisotopic (exact) mass is 266 g/mol. The van der Waals surface area contributed by atoms with Crippen LogP contribution < -0.4 is 16.6 Å². The number of rotatable bonds is 6. The summed E-state index contributed by atoms with van der Waals surface area (Å²) in [7, 11) is 0. The fourth-order valence-electron chi connectivity index (χ4n) is 1.44. The van der Waals surface area contributed by atoms with Crippen LogP contribution in [0.2, 0.25) is 0 Å². The smallest absolute Gasteiger partial charge is 0.273 e. The molecule has 4 N–H and O–H groups in total. The molecule has 0 fully saturated rings. The lowest BCUT2D eigenvalue weighted by Gasteiger charge is -2.29. The van der Waals surface area contributed by atoms with Crippen molar-refractivity contribution in [2.24, 2.45) is 17.2 Å². The standard InChI is InChI=1S/C13H22N4O2/c1-9(2)13(3,4)8-15-10-5-11(16-14)7-12(6-10)17(18)19/h5-7,9,15-16H,8,14H2,1-4H3.